The van der Waals surface area contributed by atoms with Crippen LogP contribution in [0.25, 0.3) is 0 Å². The van der Waals surface area contributed by atoms with Crippen molar-refractivity contribution in [3.63, 3.8) is 0 Å². The minimum atomic E-state index is -0.173. The lowest BCUT2D eigenvalue weighted by Crippen LogP contribution is -2.13. The summed E-state index contributed by atoms with van der Waals surface area (Å²) in [5.41, 5.74) is 10.7. The van der Waals surface area contributed by atoms with Crippen LogP contribution in [-0.4, -0.2) is 17.3 Å². The van der Waals surface area contributed by atoms with Crippen molar-refractivity contribution in [2.24, 2.45) is 5.73 Å². The lowest BCUT2D eigenvalue weighted by Gasteiger charge is -1.86. The van der Waals surface area contributed by atoms with Crippen molar-refractivity contribution in [1.29, 1.82) is 0 Å². The van der Waals surface area contributed by atoms with E-state index in [4.69, 9.17) is 11.5 Å². The van der Waals surface area contributed by atoms with Crippen LogP contribution in [0.2, 0.25) is 0 Å². The molecule has 0 fully saturated rings. The zero-order chi connectivity index (χ0) is 7.56. The first-order chi connectivity index (χ1) is 4.74. The Hall–Kier alpha value is -0.940. The molecule has 1 aromatic heterocycles. The molecule has 0 aliphatic carbocycles. The van der Waals surface area contributed by atoms with Gasteiger partial charge in [0.15, 0.2) is 10.9 Å². The molecule has 1 aromatic rings. The summed E-state index contributed by atoms with van der Waals surface area (Å²) in [5.74, 6) is -0.173. The average Bonchev–Trinajstić information content (AvgIpc) is 2.34. The summed E-state index contributed by atoms with van der Waals surface area (Å²) in [6.45, 7) is -0.0107. The zero-order valence-corrected chi connectivity index (χ0v) is 6.02. The van der Waals surface area contributed by atoms with E-state index in [2.05, 4.69) is 4.98 Å². The standard InChI is InChI=1S/C5H7N3OS/c6-1-4(9)3-2-10-5(7)8-3/h2H,1,6H2,(H2,7,8). The van der Waals surface area contributed by atoms with E-state index in [0.29, 0.717) is 10.8 Å². The van der Waals surface area contributed by atoms with Gasteiger partial charge in [-0.2, -0.15) is 0 Å². The van der Waals surface area contributed by atoms with E-state index >= 15 is 0 Å². The predicted octanol–water partition coefficient (Wildman–Crippen LogP) is -0.133. The van der Waals surface area contributed by atoms with Crippen LogP contribution in [0.3, 0.4) is 0 Å². The van der Waals surface area contributed by atoms with Gasteiger partial charge in [-0.25, -0.2) is 4.98 Å². The van der Waals surface area contributed by atoms with E-state index < -0.39 is 0 Å². The Morgan fingerprint density at radius 2 is 2.50 bits per heavy atom. The molecule has 0 aliphatic heterocycles. The van der Waals surface area contributed by atoms with Crippen molar-refractivity contribution in [3.8, 4) is 0 Å². The molecule has 5 heteroatoms. The van der Waals surface area contributed by atoms with Crippen LogP contribution in [0.5, 0.6) is 0 Å². The van der Waals surface area contributed by atoms with Gasteiger partial charge in [-0.15, -0.1) is 11.3 Å². The number of thiazole rings is 1. The van der Waals surface area contributed by atoms with Gasteiger partial charge in [-0.3, -0.25) is 4.79 Å². The Labute approximate surface area is 61.9 Å². The molecule has 0 bridgehead atoms. The van der Waals surface area contributed by atoms with Gasteiger partial charge in [0.25, 0.3) is 0 Å². The van der Waals surface area contributed by atoms with Gasteiger partial charge in [-0.1, -0.05) is 0 Å². The lowest BCUT2D eigenvalue weighted by molar-refractivity contribution is 0.0997. The molecule has 0 aliphatic rings. The molecule has 0 radical (unpaired) electrons. The fourth-order valence-corrected chi connectivity index (χ4v) is 1.09. The lowest BCUT2D eigenvalue weighted by atomic mass is 10.3. The maximum atomic E-state index is 10.8. The molecule has 0 atom stereocenters. The summed E-state index contributed by atoms with van der Waals surface area (Å²) in [7, 11) is 0. The topological polar surface area (TPSA) is 82.0 Å². The van der Waals surface area contributed by atoms with E-state index in [-0.39, 0.29) is 12.3 Å². The number of aromatic nitrogens is 1. The highest BCUT2D eigenvalue weighted by Crippen LogP contribution is 2.10. The quantitative estimate of drug-likeness (QED) is 0.586. The Bertz CT molecular complexity index is 245. The molecule has 0 amide bonds. The van der Waals surface area contributed by atoms with Gasteiger partial charge in [-0.05, 0) is 0 Å². The highest BCUT2D eigenvalue weighted by atomic mass is 32.1. The fourth-order valence-electron chi connectivity index (χ4n) is 0.520. The third-order valence-electron chi connectivity index (χ3n) is 0.993. The molecular formula is C5H7N3OS. The number of ketones is 1. The van der Waals surface area contributed by atoms with E-state index in [0.717, 1.165) is 0 Å². The molecule has 0 spiro atoms. The Balaban J connectivity index is 2.85. The number of carbonyl (C=O) groups is 1. The third-order valence-corrected chi connectivity index (χ3v) is 1.67. The molecule has 0 saturated carbocycles. The number of hydrogen-bond donors (Lipinski definition) is 2. The zero-order valence-electron chi connectivity index (χ0n) is 5.20. The maximum absolute atomic E-state index is 10.8. The van der Waals surface area contributed by atoms with E-state index in [1.54, 1.807) is 5.38 Å². The van der Waals surface area contributed by atoms with Crippen molar-refractivity contribution in [2.45, 2.75) is 0 Å². The smallest absolute Gasteiger partial charge is 0.195 e. The average molecular weight is 157 g/mol. The highest BCUT2D eigenvalue weighted by Gasteiger charge is 2.05. The second kappa shape index (κ2) is 2.76. The molecule has 4 N–H and O–H groups in total. The van der Waals surface area contributed by atoms with Crippen LogP contribution in [0.15, 0.2) is 5.38 Å². The molecule has 1 rings (SSSR count). The SMILES string of the molecule is NCC(=O)c1csc(N)n1. The van der Waals surface area contributed by atoms with Crippen LogP contribution in [0, 0.1) is 0 Å². The van der Waals surface area contributed by atoms with Gasteiger partial charge in [0.2, 0.25) is 0 Å². The highest BCUT2D eigenvalue weighted by molar-refractivity contribution is 7.13. The minimum absolute atomic E-state index is 0.0107. The number of hydrogen-bond acceptors (Lipinski definition) is 5. The van der Waals surface area contributed by atoms with Gasteiger partial charge in [0, 0.05) is 5.38 Å². The molecule has 54 valence electrons. The molecule has 10 heavy (non-hydrogen) atoms. The first kappa shape index (κ1) is 7.17. The molecular weight excluding hydrogens is 150 g/mol. The Morgan fingerprint density at radius 1 is 1.80 bits per heavy atom. The van der Waals surface area contributed by atoms with Crippen molar-refractivity contribution in [3.05, 3.63) is 11.1 Å². The monoisotopic (exact) mass is 157 g/mol. The second-order valence-electron chi connectivity index (χ2n) is 1.70. The number of Topliss-reactive ketones (excluding diaryl/α,β-unsaturated/α-hetero) is 1. The maximum Gasteiger partial charge on any atom is 0.195 e. The molecule has 1 heterocycles. The van der Waals surface area contributed by atoms with E-state index in [1.165, 1.54) is 11.3 Å². The van der Waals surface area contributed by atoms with E-state index in [9.17, 15) is 4.79 Å². The summed E-state index contributed by atoms with van der Waals surface area (Å²) in [4.78, 5) is 14.5. The van der Waals surface area contributed by atoms with Gasteiger partial charge < -0.3 is 11.5 Å². The number of anilines is 1. The summed E-state index contributed by atoms with van der Waals surface area (Å²) in [5, 5.41) is 2.00. The minimum Gasteiger partial charge on any atom is -0.375 e. The molecule has 4 nitrogen and oxygen atoms in total. The van der Waals surface area contributed by atoms with Crippen molar-refractivity contribution in [1.82, 2.24) is 4.98 Å². The van der Waals surface area contributed by atoms with Gasteiger partial charge >= 0.3 is 0 Å². The van der Waals surface area contributed by atoms with Crippen LogP contribution >= 0.6 is 11.3 Å². The molecule has 0 aromatic carbocycles. The normalized spacial score (nSPS) is 9.70. The van der Waals surface area contributed by atoms with Crippen LogP contribution in [0.4, 0.5) is 5.13 Å². The number of carbonyl (C=O) groups excluding carboxylic acids is 1. The van der Waals surface area contributed by atoms with Crippen LogP contribution < -0.4 is 11.5 Å². The molecule has 0 saturated heterocycles. The van der Waals surface area contributed by atoms with E-state index in [1.807, 2.05) is 0 Å². The number of nitrogen functional groups attached to an aromatic ring is 1. The first-order valence-corrected chi connectivity index (χ1v) is 3.56. The first-order valence-electron chi connectivity index (χ1n) is 2.68. The van der Waals surface area contributed by atoms with Crippen LogP contribution in [-0.2, 0) is 0 Å². The number of rotatable bonds is 2. The second-order valence-corrected chi connectivity index (χ2v) is 2.59. The summed E-state index contributed by atoms with van der Waals surface area (Å²) < 4.78 is 0. The van der Waals surface area contributed by atoms with Crippen molar-refractivity contribution < 1.29 is 4.79 Å². The summed E-state index contributed by atoms with van der Waals surface area (Å²) >= 11 is 1.24. The Kier molecular flexibility index (Phi) is 1.98. The largest absolute Gasteiger partial charge is 0.375 e. The number of nitrogens with two attached hydrogens (primary N) is 2. The summed E-state index contributed by atoms with van der Waals surface area (Å²) in [6.07, 6.45) is 0. The third kappa shape index (κ3) is 1.31. The van der Waals surface area contributed by atoms with Crippen LogP contribution in [0.1, 0.15) is 10.5 Å². The van der Waals surface area contributed by atoms with Gasteiger partial charge in [0.1, 0.15) is 5.69 Å². The number of nitrogens with zero attached hydrogens (tertiary/aromatic N) is 1. The predicted molar refractivity (Wildman–Crippen MR) is 39.9 cm³/mol. The van der Waals surface area contributed by atoms with Gasteiger partial charge in [0.05, 0.1) is 6.54 Å². The van der Waals surface area contributed by atoms with Crippen molar-refractivity contribution >= 4 is 22.3 Å². The summed E-state index contributed by atoms with van der Waals surface area (Å²) in [6, 6.07) is 0. The fraction of sp³-hybridized carbons (Fsp3) is 0.200. The molecule has 0 unspecified atom stereocenters. The Morgan fingerprint density at radius 3 is 2.90 bits per heavy atom. The van der Waals surface area contributed by atoms with Crippen molar-refractivity contribution in [2.75, 3.05) is 12.3 Å².